The minimum Gasteiger partial charge on any atom is -0.489 e. The Morgan fingerprint density at radius 1 is 1.08 bits per heavy atom. The van der Waals surface area contributed by atoms with Crippen molar-refractivity contribution in [2.24, 2.45) is 0 Å². The van der Waals surface area contributed by atoms with Crippen LogP contribution in [0.15, 0.2) is 42.5 Å². The number of hydrogen-bond donors (Lipinski definition) is 1. The van der Waals surface area contributed by atoms with Crippen molar-refractivity contribution >= 4 is 5.97 Å². The van der Waals surface area contributed by atoms with Gasteiger partial charge in [-0.25, -0.2) is 4.79 Å². The van der Waals surface area contributed by atoms with Gasteiger partial charge in [-0.2, -0.15) is 0 Å². The molecule has 0 aromatic heterocycles. The van der Waals surface area contributed by atoms with Crippen LogP contribution >= 0.6 is 0 Å². The number of carboxylic acids is 1. The molecule has 1 saturated heterocycles. The lowest BCUT2D eigenvalue weighted by molar-refractivity contribution is 0.0696. The molecule has 0 bridgehead atoms. The van der Waals surface area contributed by atoms with Crippen LogP contribution in [0.2, 0.25) is 0 Å². The Morgan fingerprint density at radius 2 is 1.84 bits per heavy atom. The second kappa shape index (κ2) is 6.50. The molecule has 2 aliphatic rings. The second-order valence-electron chi connectivity index (χ2n) is 6.79. The minimum absolute atomic E-state index is 0.0294. The van der Waals surface area contributed by atoms with Gasteiger partial charge in [0, 0.05) is 31.7 Å². The van der Waals surface area contributed by atoms with E-state index in [1.807, 2.05) is 12.1 Å². The largest absolute Gasteiger partial charge is 0.489 e. The molecule has 130 valence electrons. The molecule has 2 aromatic carbocycles. The number of hydrogen-bond acceptors (Lipinski definition) is 4. The summed E-state index contributed by atoms with van der Waals surface area (Å²) in [5.74, 6) is -0.123. The van der Waals surface area contributed by atoms with Gasteiger partial charge in [-0.15, -0.1) is 0 Å². The smallest absolute Gasteiger partial charge is 0.335 e. The summed E-state index contributed by atoms with van der Waals surface area (Å²) in [5.41, 5.74) is 3.64. The molecule has 1 N–H and O–H groups in total. The van der Waals surface area contributed by atoms with Crippen molar-refractivity contribution < 1.29 is 14.6 Å². The Labute approximate surface area is 147 Å². The van der Waals surface area contributed by atoms with Gasteiger partial charge in [0.1, 0.15) is 12.4 Å². The summed E-state index contributed by atoms with van der Waals surface area (Å²) < 4.78 is 6.02. The van der Waals surface area contributed by atoms with Crippen molar-refractivity contribution in [3.05, 3.63) is 64.7 Å². The lowest BCUT2D eigenvalue weighted by Gasteiger charge is -2.38. The summed E-state index contributed by atoms with van der Waals surface area (Å²) in [7, 11) is 2.14. The molecule has 0 spiro atoms. The van der Waals surface area contributed by atoms with Gasteiger partial charge < -0.3 is 14.7 Å². The van der Waals surface area contributed by atoms with E-state index < -0.39 is 5.97 Å². The summed E-state index contributed by atoms with van der Waals surface area (Å²) in [6.07, 6.45) is 0. The summed E-state index contributed by atoms with van der Waals surface area (Å²) in [6, 6.07) is 13.6. The van der Waals surface area contributed by atoms with Crippen LogP contribution in [0.25, 0.3) is 0 Å². The van der Waals surface area contributed by atoms with E-state index in [0.29, 0.717) is 12.2 Å². The van der Waals surface area contributed by atoms with E-state index in [1.165, 1.54) is 11.1 Å². The highest BCUT2D eigenvalue weighted by Gasteiger charge is 2.31. The predicted molar refractivity (Wildman–Crippen MR) is 95.1 cm³/mol. The SMILES string of the molecule is CN1CCN(C2c3ccccc3COc3ccc(C(=O)O)cc32)CC1. The van der Waals surface area contributed by atoms with Crippen molar-refractivity contribution in [1.29, 1.82) is 0 Å². The van der Waals surface area contributed by atoms with Gasteiger partial charge in [0.25, 0.3) is 0 Å². The lowest BCUT2D eigenvalue weighted by atomic mass is 9.92. The topological polar surface area (TPSA) is 53.0 Å². The monoisotopic (exact) mass is 338 g/mol. The van der Waals surface area contributed by atoms with Crippen LogP contribution < -0.4 is 4.74 Å². The Morgan fingerprint density at radius 3 is 2.60 bits per heavy atom. The maximum absolute atomic E-state index is 11.5. The number of carbonyl (C=O) groups is 1. The minimum atomic E-state index is -0.905. The number of benzene rings is 2. The van der Waals surface area contributed by atoms with Crippen LogP contribution in [-0.2, 0) is 6.61 Å². The molecule has 2 heterocycles. The van der Waals surface area contributed by atoms with Crippen LogP contribution in [0.4, 0.5) is 0 Å². The molecule has 4 rings (SSSR count). The second-order valence-corrected chi connectivity index (χ2v) is 6.79. The summed E-state index contributed by atoms with van der Waals surface area (Å²) >= 11 is 0. The van der Waals surface area contributed by atoms with E-state index in [0.717, 1.165) is 37.5 Å². The molecule has 0 radical (unpaired) electrons. The number of nitrogens with zero attached hydrogens (tertiary/aromatic N) is 2. The number of ether oxygens (including phenoxy) is 1. The first-order valence-electron chi connectivity index (χ1n) is 8.64. The maximum Gasteiger partial charge on any atom is 0.335 e. The van der Waals surface area contributed by atoms with E-state index in [1.54, 1.807) is 18.2 Å². The molecule has 1 atom stereocenters. The standard InChI is InChI=1S/C20H22N2O3/c1-21-8-10-22(11-9-21)19-16-5-3-2-4-15(16)13-25-18-7-6-14(20(23)24)12-17(18)19/h2-7,12,19H,8-11,13H2,1H3,(H,23,24). The number of piperazine rings is 1. The van der Waals surface area contributed by atoms with Crippen LogP contribution in [0.3, 0.4) is 0 Å². The fourth-order valence-electron chi connectivity index (χ4n) is 3.76. The first-order chi connectivity index (χ1) is 12.1. The maximum atomic E-state index is 11.5. The Balaban J connectivity index is 1.84. The molecule has 2 aliphatic heterocycles. The molecule has 0 saturated carbocycles. The van der Waals surface area contributed by atoms with Crippen molar-refractivity contribution in [2.75, 3.05) is 33.2 Å². The van der Waals surface area contributed by atoms with Gasteiger partial charge in [-0.1, -0.05) is 24.3 Å². The molecular weight excluding hydrogens is 316 g/mol. The zero-order valence-electron chi connectivity index (χ0n) is 14.3. The van der Waals surface area contributed by atoms with Gasteiger partial charge >= 0.3 is 5.97 Å². The van der Waals surface area contributed by atoms with Gasteiger partial charge in [0.05, 0.1) is 11.6 Å². The quantitative estimate of drug-likeness (QED) is 0.912. The highest BCUT2D eigenvalue weighted by molar-refractivity contribution is 5.88. The fourth-order valence-corrected chi connectivity index (χ4v) is 3.76. The van der Waals surface area contributed by atoms with Gasteiger partial charge in [-0.05, 0) is 36.4 Å². The van der Waals surface area contributed by atoms with E-state index >= 15 is 0 Å². The van der Waals surface area contributed by atoms with Crippen molar-refractivity contribution in [2.45, 2.75) is 12.6 Å². The Bertz CT molecular complexity index is 797. The molecule has 5 heteroatoms. The first kappa shape index (κ1) is 16.1. The third-order valence-corrected chi connectivity index (χ3v) is 5.19. The average molecular weight is 338 g/mol. The van der Waals surface area contributed by atoms with Crippen LogP contribution in [0.1, 0.15) is 33.1 Å². The first-order valence-corrected chi connectivity index (χ1v) is 8.64. The number of likely N-dealkylation sites (N-methyl/N-ethyl adjacent to an activating group) is 1. The molecular formula is C20H22N2O3. The number of fused-ring (bicyclic) bond motifs is 2. The van der Waals surface area contributed by atoms with Gasteiger partial charge in [0.2, 0.25) is 0 Å². The molecule has 2 aromatic rings. The third-order valence-electron chi connectivity index (χ3n) is 5.19. The molecule has 0 amide bonds. The van der Waals surface area contributed by atoms with E-state index in [2.05, 4.69) is 29.0 Å². The molecule has 5 nitrogen and oxygen atoms in total. The van der Waals surface area contributed by atoms with Crippen molar-refractivity contribution in [3.63, 3.8) is 0 Å². The number of rotatable bonds is 2. The zero-order valence-corrected chi connectivity index (χ0v) is 14.3. The highest BCUT2D eigenvalue weighted by atomic mass is 16.5. The highest BCUT2D eigenvalue weighted by Crippen LogP contribution is 2.40. The van der Waals surface area contributed by atoms with E-state index in [9.17, 15) is 9.90 Å². The van der Waals surface area contributed by atoms with Gasteiger partial charge in [0.15, 0.2) is 0 Å². The average Bonchev–Trinajstić information content (AvgIpc) is 2.79. The lowest BCUT2D eigenvalue weighted by Crippen LogP contribution is -2.46. The van der Waals surface area contributed by atoms with Crippen LogP contribution in [0.5, 0.6) is 5.75 Å². The Kier molecular flexibility index (Phi) is 4.19. The number of aromatic carboxylic acids is 1. The summed E-state index contributed by atoms with van der Waals surface area (Å²) in [6.45, 7) is 4.43. The molecule has 25 heavy (non-hydrogen) atoms. The van der Waals surface area contributed by atoms with Gasteiger partial charge in [-0.3, -0.25) is 4.90 Å². The molecule has 0 aliphatic carbocycles. The van der Waals surface area contributed by atoms with Crippen LogP contribution in [-0.4, -0.2) is 54.1 Å². The van der Waals surface area contributed by atoms with Crippen molar-refractivity contribution in [3.8, 4) is 5.75 Å². The van der Waals surface area contributed by atoms with E-state index in [-0.39, 0.29) is 6.04 Å². The normalized spacial score (nSPS) is 20.9. The Hall–Kier alpha value is -2.37. The fraction of sp³-hybridized carbons (Fsp3) is 0.350. The molecule has 1 unspecified atom stereocenters. The summed E-state index contributed by atoms with van der Waals surface area (Å²) in [5, 5.41) is 9.42. The molecule has 1 fully saturated rings. The number of carboxylic acid groups (broad SMARTS) is 1. The predicted octanol–water partition coefficient (Wildman–Crippen LogP) is 2.61. The van der Waals surface area contributed by atoms with E-state index in [4.69, 9.17) is 4.74 Å². The van der Waals surface area contributed by atoms with Crippen molar-refractivity contribution in [1.82, 2.24) is 9.80 Å². The summed E-state index contributed by atoms with van der Waals surface area (Å²) in [4.78, 5) is 16.2. The van der Waals surface area contributed by atoms with Crippen LogP contribution in [0, 0.1) is 0 Å². The third kappa shape index (κ3) is 3.01. The zero-order chi connectivity index (χ0) is 17.4.